The van der Waals surface area contributed by atoms with Crippen LogP contribution in [0.1, 0.15) is 12.6 Å². The van der Waals surface area contributed by atoms with E-state index in [4.69, 9.17) is 25.8 Å². The van der Waals surface area contributed by atoms with Gasteiger partial charge >= 0.3 is 0 Å². The fourth-order valence-electron chi connectivity index (χ4n) is 2.03. The maximum absolute atomic E-state index is 6.03. The third-order valence-corrected chi connectivity index (χ3v) is 3.22. The Hall–Kier alpha value is -2.01. The lowest BCUT2D eigenvalue weighted by Gasteiger charge is -2.08. The smallest absolute Gasteiger partial charge is 0.231 e. The minimum Gasteiger partial charge on any atom is -0.493 e. The van der Waals surface area contributed by atoms with E-state index in [-0.39, 0.29) is 6.79 Å². The van der Waals surface area contributed by atoms with Crippen molar-refractivity contribution in [3.8, 4) is 28.6 Å². The van der Waals surface area contributed by atoms with Gasteiger partial charge in [-0.2, -0.15) is 0 Å². The summed E-state index contributed by atoms with van der Waals surface area (Å²) in [5.74, 6) is 2.37. The van der Waals surface area contributed by atoms with E-state index in [1.165, 1.54) is 0 Å². The molecule has 6 heteroatoms. The van der Waals surface area contributed by atoms with E-state index in [9.17, 15) is 0 Å². The fraction of sp³-hybridized carbons (Fsp3) is 0.286. The van der Waals surface area contributed by atoms with E-state index in [0.717, 1.165) is 17.7 Å². The largest absolute Gasteiger partial charge is 0.493 e. The molecule has 0 bridgehead atoms. The molecule has 0 N–H and O–H groups in total. The Balaban J connectivity index is 2.13. The monoisotopic (exact) mass is 292 g/mol. The minimum atomic E-state index is 0.186. The second-order valence-corrected chi connectivity index (χ2v) is 4.66. The molecule has 0 fully saturated rings. The van der Waals surface area contributed by atoms with Gasteiger partial charge in [0, 0.05) is 11.3 Å². The number of methoxy groups -OCH3 is 1. The number of ether oxygens (including phenoxy) is 3. The Morgan fingerprint density at radius 2 is 2.10 bits per heavy atom. The number of benzene rings is 1. The van der Waals surface area contributed by atoms with E-state index in [0.29, 0.717) is 28.2 Å². The molecular weight excluding hydrogens is 280 g/mol. The molecule has 0 atom stereocenters. The first-order valence-electron chi connectivity index (χ1n) is 6.22. The Morgan fingerprint density at radius 1 is 1.25 bits per heavy atom. The van der Waals surface area contributed by atoms with Crippen molar-refractivity contribution in [1.82, 2.24) is 9.97 Å². The summed E-state index contributed by atoms with van der Waals surface area (Å²) in [5, 5.41) is 0.420. The van der Waals surface area contributed by atoms with E-state index in [1.54, 1.807) is 13.2 Å². The normalized spacial score (nSPS) is 12.6. The van der Waals surface area contributed by atoms with Gasteiger partial charge in [0.05, 0.1) is 7.11 Å². The number of aryl methyl sites for hydroxylation is 1. The Bertz CT molecular complexity index is 661. The highest BCUT2D eigenvalue weighted by Gasteiger charge is 2.21. The van der Waals surface area contributed by atoms with Crippen molar-refractivity contribution in [3.05, 3.63) is 29.0 Å². The molecule has 5 nitrogen and oxygen atoms in total. The molecule has 1 aromatic carbocycles. The molecule has 0 amide bonds. The second-order valence-electron chi connectivity index (χ2n) is 4.27. The van der Waals surface area contributed by atoms with Gasteiger partial charge in [0.25, 0.3) is 0 Å². The van der Waals surface area contributed by atoms with Gasteiger partial charge in [-0.05, 0) is 24.6 Å². The van der Waals surface area contributed by atoms with Crippen molar-refractivity contribution in [3.63, 3.8) is 0 Å². The first-order chi connectivity index (χ1) is 9.71. The molecule has 0 saturated heterocycles. The zero-order chi connectivity index (χ0) is 14.1. The van der Waals surface area contributed by atoms with Gasteiger partial charge in [0.15, 0.2) is 17.3 Å². The molecule has 0 unspecified atom stereocenters. The molecule has 1 aliphatic rings. The summed E-state index contributed by atoms with van der Waals surface area (Å²) in [4.78, 5) is 8.73. The van der Waals surface area contributed by atoms with Crippen LogP contribution >= 0.6 is 11.6 Å². The number of fused-ring (bicyclic) bond motifs is 1. The molecule has 104 valence electrons. The number of hydrogen-bond acceptors (Lipinski definition) is 5. The number of nitrogens with zero attached hydrogens (tertiary/aromatic N) is 2. The molecule has 0 spiro atoms. The summed E-state index contributed by atoms with van der Waals surface area (Å²) >= 11 is 6.03. The van der Waals surface area contributed by atoms with Gasteiger partial charge in [-0.15, -0.1) is 0 Å². The predicted octanol–water partition coefficient (Wildman–Crippen LogP) is 3.10. The van der Waals surface area contributed by atoms with E-state index in [1.807, 2.05) is 19.1 Å². The predicted molar refractivity (Wildman–Crippen MR) is 74.5 cm³/mol. The van der Waals surface area contributed by atoms with Crippen LogP contribution < -0.4 is 14.2 Å². The van der Waals surface area contributed by atoms with Gasteiger partial charge in [0.2, 0.25) is 12.5 Å². The lowest BCUT2D eigenvalue weighted by molar-refractivity contribution is 0.171. The summed E-state index contributed by atoms with van der Waals surface area (Å²) in [6.45, 7) is 2.20. The van der Waals surface area contributed by atoms with Gasteiger partial charge in [0.1, 0.15) is 5.15 Å². The van der Waals surface area contributed by atoms with E-state index >= 15 is 0 Å². The molecule has 3 rings (SSSR count). The first-order valence-corrected chi connectivity index (χ1v) is 6.60. The lowest BCUT2D eigenvalue weighted by Crippen LogP contribution is -1.96. The molecule has 1 aliphatic heterocycles. The van der Waals surface area contributed by atoms with Gasteiger partial charge in [-0.3, -0.25) is 0 Å². The molecule has 2 heterocycles. The number of hydrogen-bond donors (Lipinski definition) is 0. The fourth-order valence-corrected chi connectivity index (χ4v) is 2.24. The van der Waals surface area contributed by atoms with Crippen LogP contribution in [-0.4, -0.2) is 23.9 Å². The third-order valence-electron chi connectivity index (χ3n) is 3.03. The molecular formula is C14H13ClN2O3. The molecule has 2 aromatic rings. The summed E-state index contributed by atoms with van der Waals surface area (Å²) in [6, 6.07) is 5.41. The van der Waals surface area contributed by atoms with Gasteiger partial charge in [-0.25, -0.2) is 9.97 Å². The van der Waals surface area contributed by atoms with Crippen LogP contribution in [0.2, 0.25) is 5.15 Å². The number of halogens is 1. The summed E-state index contributed by atoms with van der Waals surface area (Å²) < 4.78 is 16.1. The number of rotatable bonds is 3. The van der Waals surface area contributed by atoms with Crippen molar-refractivity contribution in [2.75, 3.05) is 13.9 Å². The number of aromatic nitrogens is 2. The Kier molecular flexibility index (Phi) is 3.36. The topological polar surface area (TPSA) is 53.5 Å². The summed E-state index contributed by atoms with van der Waals surface area (Å²) in [5.41, 5.74) is 1.67. The van der Waals surface area contributed by atoms with Crippen molar-refractivity contribution in [2.24, 2.45) is 0 Å². The van der Waals surface area contributed by atoms with Crippen LogP contribution in [-0.2, 0) is 6.42 Å². The van der Waals surface area contributed by atoms with Crippen LogP contribution in [0.25, 0.3) is 11.4 Å². The molecule has 0 aliphatic carbocycles. The van der Waals surface area contributed by atoms with Crippen LogP contribution in [0, 0.1) is 0 Å². The maximum atomic E-state index is 6.03. The average molecular weight is 293 g/mol. The molecule has 1 aromatic heterocycles. The van der Waals surface area contributed by atoms with Crippen LogP contribution in [0.15, 0.2) is 18.2 Å². The van der Waals surface area contributed by atoms with Crippen molar-refractivity contribution in [1.29, 1.82) is 0 Å². The van der Waals surface area contributed by atoms with E-state index in [2.05, 4.69) is 9.97 Å². The molecule has 0 saturated carbocycles. The van der Waals surface area contributed by atoms with Gasteiger partial charge in [-0.1, -0.05) is 18.5 Å². The highest BCUT2D eigenvalue weighted by Crippen LogP contribution is 2.43. The Labute approximate surface area is 121 Å². The third kappa shape index (κ3) is 2.25. The standard InChI is InChI=1S/C14H13ClN2O3/c1-3-9-6-12(15)17-14(16-9)8-4-10(18-2)13-11(5-8)19-7-20-13/h4-6H,3,7H2,1-2H3. The first kappa shape index (κ1) is 13.0. The zero-order valence-electron chi connectivity index (χ0n) is 11.1. The Morgan fingerprint density at radius 3 is 2.85 bits per heavy atom. The van der Waals surface area contributed by atoms with Crippen LogP contribution in [0.5, 0.6) is 17.2 Å². The lowest BCUT2D eigenvalue weighted by atomic mass is 10.1. The SMILES string of the molecule is CCc1cc(Cl)nc(-c2cc(OC)c3c(c2)OCO3)n1. The zero-order valence-corrected chi connectivity index (χ0v) is 11.9. The quantitative estimate of drug-likeness (QED) is 0.814. The second kappa shape index (κ2) is 5.17. The highest BCUT2D eigenvalue weighted by atomic mass is 35.5. The molecule has 20 heavy (non-hydrogen) atoms. The molecule has 0 radical (unpaired) electrons. The summed E-state index contributed by atoms with van der Waals surface area (Å²) in [6.07, 6.45) is 0.789. The van der Waals surface area contributed by atoms with Crippen molar-refractivity contribution in [2.45, 2.75) is 13.3 Å². The van der Waals surface area contributed by atoms with Crippen molar-refractivity contribution < 1.29 is 14.2 Å². The van der Waals surface area contributed by atoms with Gasteiger partial charge < -0.3 is 14.2 Å². The minimum absolute atomic E-state index is 0.186. The maximum Gasteiger partial charge on any atom is 0.231 e. The average Bonchev–Trinajstić information content (AvgIpc) is 2.93. The van der Waals surface area contributed by atoms with Crippen molar-refractivity contribution >= 4 is 11.6 Å². The summed E-state index contributed by atoms with van der Waals surface area (Å²) in [7, 11) is 1.58. The van der Waals surface area contributed by atoms with Crippen LogP contribution in [0.3, 0.4) is 0 Å². The van der Waals surface area contributed by atoms with E-state index < -0.39 is 0 Å². The highest BCUT2D eigenvalue weighted by molar-refractivity contribution is 6.29. The van der Waals surface area contributed by atoms with Crippen LogP contribution in [0.4, 0.5) is 0 Å².